The summed E-state index contributed by atoms with van der Waals surface area (Å²) in [6.07, 6.45) is 82.8. The average molecular weight is 1200 g/mol. The fraction of sp³-hybridized carbons (Fsp3) is 0.973. The van der Waals surface area contributed by atoms with Crippen LogP contribution in [0, 0.1) is 0 Å². The molecule has 0 rings (SSSR count). The topological polar surface area (TPSA) is 71.1 Å². The highest BCUT2D eigenvalue weighted by Gasteiger charge is 2.44. The molecule has 0 heterocycles. The molecule has 0 spiro atoms. The van der Waals surface area contributed by atoms with Crippen LogP contribution < -0.4 is 0 Å². The molecule has 6 nitrogen and oxygen atoms in total. The first-order valence-electron chi connectivity index (χ1n) is 37.9. The van der Waals surface area contributed by atoms with Gasteiger partial charge in [0.1, 0.15) is 5.06 Å². The molecule has 0 fully saturated rings. The summed E-state index contributed by atoms with van der Waals surface area (Å²) in [7, 11) is -8.01. The summed E-state index contributed by atoms with van der Waals surface area (Å²) < 4.78 is 55.0. The molecule has 0 radical (unpaired) electrons. The Balaban J connectivity index is 5.25. The molecule has 0 saturated carbocycles. The molecule has 0 aromatic heterocycles. The second-order valence-corrected chi connectivity index (χ2v) is 30.4. The Labute approximate surface area is 516 Å². The first-order valence-corrected chi connectivity index (χ1v) is 41.0. The van der Waals surface area contributed by atoms with E-state index in [1.807, 2.05) is 0 Å². The zero-order valence-corrected chi connectivity index (χ0v) is 58.4. The van der Waals surface area contributed by atoms with Crippen molar-refractivity contribution in [3.05, 3.63) is 11.6 Å². The fourth-order valence-corrected chi connectivity index (χ4v) is 16.0. The van der Waals surface area contributed by atoms with Crippen molar-refractivity contribution in [2.45, 2.75) is 439 Å². The standard InChI is InChI=1S/C74H150O6P2/c1-6-10-14-18-22-26-30-34-38-42-46-50-54-58-62-66-70-77-81(75,78-71-67-63-59-55-51-47-43-39-35-31-27-23-19-15-11-7-2)74(5)82(76,79-72-68-64-60-56-52-48-44-40-36-32-28-24-20-16-12-8-3)80-73-69-65-61-57-53-49-45-41-37-33-29-25-21-17-13-9-4/h5-73H2,1-4H3. The summed E-state index contributed by atoms with van der Waals surface area (Å²) in [4.78, 5) is 0. The van der Waals surface area contributed by atoms with Gasteiger partial charge in [-0.3, -0.25) is 9.13 Å². The SMILES string of the molecule is C=C(P(=O)(OCCCCCCCCCCCCCCCCCC)OCCCCCCCCCCCCCCCCCC)P(=O)(OCCCCCCCCCCCCCCCCCC)OCCCCCCCCCCCCCCCCCC. The highest BCUT2D eigenvalue weighted by atomic mass is 31.2. The van der Waals surface area contributed by atoms with E-state index in [2.05, 4.69) is 34.3 Å². The van der Waals surface area contributed by atoms with Gasteiger partial charge in [0.05, 0.1) is 26.4 Å². The zero-order chi connectivity index (χ0) is 59.5. The van der Waals surface area contributed by atoms with Gasteiger partial charge < -0.3 is 18.1 Å². The van der Waals surface area contributed by atoms with E-state index < -0.39 is 15.2 Å². The first kappa shape index (κ1) is 82.0. The third-order valence-corrected chi connectivity index (χ3v) is 22.5. The van der Waals surface area contributed by atoms with Crippen molar-refractivity contribution in [1.29, 1.82) is 0 Å². The van der Waals surface area contributed by atoms with E-state index in [4.69, 9.17) is 18.1 Å². The number of rotatable bonds is 74. The van der Waals surface area contributed by atoms with Crippen molar-refractivity contribution in [3.63, 3.8) is 0 Å². The second kappa shape index (κ2) is 68.5. The fourth-order valence-electron chi connectivity index (χ4n) is 11.9. The average Bonchev–Trinajstić information content (AvgIpc) is 3.48. The van der Waals surface area contributed by atoms with E-state index in [1.54, 1.807) is 0 Å². The highest BCUT2D eigenvalue weighted by molar-refractivity contribution is 7.78. The molecule has 82 heavy (non-hydrogen) atoms. The molecule has 0 amide bonds. The van der Waals surface area contributed by atoms with Gasteiger partial charge in [0.25, 0.3) is 0 Å². The van der Waals surface area contributed by atoms with Crippen LogP contribution >= 0.6 is 15.2 Å². The quantitative estimate of drug-likeness (QED) is 0.0446. The molecule has 0 unspecified atom stereocenters. The number of hydrogen-bond acceptors (Lipinski definition) is 6. The minimum absolute atomic E-state index is 0.0824. The molecule has 0 bridgehead atoms. The molecule has 0 aliphatic carbocycles. The summed E-state index contributed by atoms with van der Waals surface area (Å²) in [5.74, 6) is 0. The Bertz CT molecular complexity index is 1140. The lowest BCUT2D eigenvalue weighted by molar-refractivity contribution is 0.192. The number of hydrogen-bond donors (Lipinski definition) is 0. The Kier molecular flexibility index (Phi) is 68.6. The summed E-state index contributed by atoms with van der Waals surface area (Å²) >= 11 is 0. The molecule has 0 aliphatic rings. The maximum absolute atomic E-state index is 15.0. The Morgan fingerprint density at radius 1 is 0.195 bits per heavy atom. The van der Waals surface area contributed by atoms with Crippen molar-refractivity contribution in [3.8, 4) is 0 Å². The van der Waals surface area contributed by atoms with Gasteiger partial charge in [-0.1, -0.05) is 420 Å². The molecule has 0 aromatic carbocycles. The maximum Gasteiger partial charge on any atom is 0.368 e. The van der Waals surface area contributed by atoms with Gasteiger partial charge in [0, 0.05) is 0 Å². The van der Waals surface area contributed by atoms with Crippen molar-refractivity contribution >= 4 is 15.2 Å². The number of unbranched alkanes of at least 4 members (excludes halogenated alkanes) is 60. The van der Waals surface area contributed by atoms with Gasteiger partial charge in [-0.2, -0.15) is 0 Å². The van der Waals surface area contributed by atoms with Crippen LogP contribution in [-0.4, -0.2) is 26.4 Å². The van der Waals surface area contributed by atoms with Crippen LogP contribution in [0.25, 0.3) is 0 Å². The first-order chi connectivity index (χ1) is 40.4. The van der Waals surface area contributed by atoms with Crippen LogP contribution in [0.15, 0.2) is 11.6 Å². The van der Waals surface area contributed by atoms with E-state index in [-0.39, 0.29) is 5.06 Å². The summed E-state index contributed by atoms with van der Waals surface area (Å²) in [6, 6.07) is 0. The van der Waals surface area contributed by atoms with Gasteiger partial charge in [0.2, 0.25) is 0 Å². The lowest BCUT2D eigenvalue weighted by Gasteiger charge is -2.26. The molecule has 0 aliphatic heterocycles. The van der Waals surface area contributed by atoms with Crippen LogP contribution in [0.2, 0.25) is 0 Å². The van der Waals surface area contributed by atoms with Gasteiger partial charge in [-0.05, 0) is 25.7 Å². The predicted octanol–water partition coefficient (Wildman–Crippen LogP) is 29.0. The summed E-state index contributed by atoms with van der Waals surface area (Å²) in [6.45, 7) is 14.6. The largest absolute Gasteiger partial charge is 0.368 e. The second-order valence-electron chi connectivity index (χ2n) is 26.0. The van der Waals surface area contributed by atoms with Crippen LogP contribution in [0.3, 0.4) is 0 Å². The van der Waals surface area contributed by atoms with Crippen LogP contribution in [0.4, 0.5) is 0 Å². The summed E-state index contributed by atoms with van der Waals surface area (Å²) in [5, 5.41) is -0.0824. The van der Waals surface area contributed by atoms with E-state index >= 15 is 0 Å². The van der Waals surface area contributed by atoms with Crippen LogP contribution in [0.5, 0.6) is 0 Å². The monoisotopic (exact) mass is 1200 g/mol. The van der Waals surface area contributed by atoms with E-state index in [0.29, 0.717) is 26.4 Å². The molecule has 0 N–H and O–H groups in total. The highest BCUT2D eigenvalue weighted by Crippen LogP contribution is 2.73. The van der Waals surface area contributed by atoms with E-state index in [1.165, 1.54) is 334 Å². The Hall–Kier alpha value is 0.0400. The Morgan fingerprint density at radius 3 is 0.402 bits per heavy atom. The van der Waals surface area contributed by atoms with Crippen molar-refractivity contribution in [2.75, 3.05) is 26.4 Å². The predicted molar refractivity (Wildman–Crippen MR) is 366 cm³/mol. The van der Waals surface area contributed by atoms with Crippen molar-refractivity contribution in [1.82, 2.24) is 0 Å². The van der Waals surface area contributed by atoms with Crippen molar-refractivity contribution < 1.29 is 27.2 Å². The molecule has 8 heteroatoms. The van der Waals surface area contributed by atoms with E-state index in [0.717, 1.165) is 77.0 Å². The molecule has 0 saturated heterocycles. The molecule has 0 aromatic rings. The third-order valence-electron chi connectivity index (χ3n) is 17.7. The Morgan fingerprint density at radius 2 is 0.293 bits per heavy atom. The van der Waals surface area contributed by atoms with Crippen LogP contribution in [-0.2, 0) is 27.2 Å². The molecular weight excluding hydrogens is 1050 g/mol. The van der Waals surface area contributed by atoms with Gasteiger partial charge >= 0.3 is 15.2 Å². The van der Waals surface area contributed by atoms with Crippen molar-refractivity contribution in [2.24, 2.45) is 0 Å². The normalized spacial score (nSPS) is 12.1. The lowest BCUT2D eigenvalue weighted by Crippen LogP contribution is -2.07. The van der Waals surface area contributed by atoms with Crippen LogP contribution in [0.1, 0.15) is 439 Å². The molecule has 0 atom stereocenters. The van der Waals surface area contributed by atoms with Gasteiger partial charge in [-0.25, -0.2) is 0 Å². The van der Waals surface area contributed by atoms with Gasteiger partial charge in [0.15, 0.2) is 0 Å². The third kappa shape index (κ3) is 59.0. The maximum atomic E-state index is 15.0. The smallest absolute Gasteiger partial charge is 0.305 e. The minimum Gasteiger partial charge on any atom is -0.305 e. The minimum atomic E-state index is -4.00. The van der Waals surface area contributed by atoms with Gasteiger partial charge in [-0.15, -0.1) is 0 Å². The summed E-state index contributed by atoms with van der Waals surface area (Å²) in [5.41, 5.74) is 0. The molecule has 492 valence electrons. The molecular formula is C74H150O6P2. The lowest BCUT2D eigenvalue weighted by atomic mass is 10.0. The zero-order valence-electron chi connectivity index (χ0n) is 56.6. The van der Waals surface area contributed by atoms with E-state index in [9.17, 15) is 9.13 Å².